The molecule has 3 saturated heterocycles. The lowest BCUT2D eigenvalue weighted by atomic mass is 9.65. The Bertz CT molecular complexity index is 1030. The van der Waals surface area contributed by atoms with E-state index >= 15 is 0 Å². The number of hydrogen-bond donors (Lipinski definition) is 1. The smallest absolute Gasteiger partial charge is 0.312 e. The van der Waals surface area contributed by atoms with Gasteiger partial charge in [-0.3, -0.25) is 14.4 Å². The number of carbonyl (C=O) groups excluding carboxylic acids is 3. The van der Waals surface area contributed by atoms with Gasteiger partial charge in [-0.15, -0.1) is 13.2 Å². The summed E-state index contributed by atoms with van der Waals surface area (Å²) in [5.74, 6) is -2.41. The molecule has 3 rings (SSSR count). The van der Waals surface area contributed by atoms with Crippen LogP contribution in [0.1, 0.15) is 100 Å². The Labute approximate surface area is 253 Å². The fourth-order valence-electron chi connectivity index (χ4n) is 8.30. The number of likely N-dealkylation sites (tertiary alicyclic amines) is 1. The number of unbranched alkanes of at least 4 members (excludes halogenated alkanes) is 1. The zero-order chi connectivity index (χ0) is 31.7. The SMILES string of the molecule is C=CCCCOC(=O)[C@H]1[C@H]2C(=O)N([C@@H](CO)CC(C)C)C(C(=O)N(CC=C)C(C)(C)CC(C)(C)C)C23CC[C@]1(CC)O3. The fraction of sp³-hybridized carbons (Fsp3) is 0.794. The molecule has 2 amide bonds. The van der Waals surface area contributed by atoms with E-state index in [1.165, 1.54) is 0 Å². The molecule has 6 atom stereocenters. The van der Waals surface area contributed by atoms with Crippen LogP contribution in [0.3, 0.4) is 0 Å². The summed E-state index contributed by atoms with van der Waals surface area (Å²) < 4.78 is 12.7. The van der Waals surface area contributed by atoms with Crippen LogP contribution in [0.25, 0.3) is 0 Å². The number of aliphatic hydroxyl groups is 1. The van der Waals surface area contributed by atoms with Crippen LogP contribution in [0.4, 0.5) is 0 Å². The van der Waals surface area contributed by atoms with E-state index in [1.54, 1.807) is 17.1 Å². The summed E-state index contributed by atoms with van der Waals surface area (Å²) in [6, 6.07) is -1.54. The molecule has 3 aliphatic rings. The highest BCUT2D eigenvalue weighted by atomic mass is 16.6. The van der Waals surface area contributed by atoms with E-state index in [2.05, 4.69) is 47.8 Å². The third-order valence-electron chi connectivity index (χ3n) is 9.52. The number of nitrogens with zero attached hydrogens (tertiary/aromatic N) is 2. The first-order chi connectivity index (χ1) is 19.6. The second kappa shape index (κ2) is 12.8. The first-order valence-corrected chi connectivity index (χ1v) is 15.9. The molecule has 2 unspecified atom stereocenters. The summed E-state index contributed by atoms with van der Waals surface area (Å²) in [5, 5.41) is 10.6. The van der Waals surface area contributed by atoms with E-state index < -0.39 is 46.6 Å². The molecule has 1 spiro atoms. The van der Waals surface area contributed by atoms with E-state index in [0.29, 0.717) is 38.6 Å². The van der Waals surface area contributed by atoms with Crippen LogP contribution >= 0.6 is 0 Å². The quantitative estimate of drug-likeness (QED) is 0.159. The number of aliphatic hydroxyl groups excluding tert-OH is 1. The summed E-state index contributed by atoms with van der Waals surface area (Å²) in [7, 11) is 0. The van der Waals surface area contributed by atoms with Gasteiger partial charge in [-0.1, -0.05) is 53.7 Å². The molecule has 0 aromatic heterocycles. The van der Waals surface area contributed by atoms with Crippen molar-refractivity contribution < 1.29 is 29.0 Å². The van der Waals surface area contributed by atoms with Crippen LogP contribution in [-0.2, 0) is 23.9 Å². The van der Waals surface area contributed by atoms with Crippen molar-refractivity contribution in [2.45, 2.75) is 129 Å². The van der Waals surface area contributed by atoms with E-state index in [-0.39, 0.29) is 36.4 Å². The van der Waals surface area contributed by atoms with Gasteiger partial charge in [0.1, 0.15) is 17.6 Å². The maximum atomic E-state index is 15.0. The monoisotopic (exact) mass is 588 g/mol. The maximum Gasteiger partial charge on any atom is 0.312 e. The maximum absolute atomic E-state index is 15.0. The van der Waals surface area contributed by atoms with Gasteiger partial charge in [0.2, 0.25) is 11.8 Å². The van der Waals surface area contributed by atoms with E-state index in [4.69, 9.17) is 9.47 Å². The van der Waals surface area contributed by atoms with Crippen molar-refractivity contribution in [1.82, 2.24) is 9.80 Å². The highest BCUT2D eigenvalue weighted by molar-refractivity contribution is 5.99. The van der Waals surface area contributed by atoms with Crippen LogP contribution in [0.2, 0.25) is 0 Å². The Morgan fingerprint density at radius 3 is 2.38 bits per heavy atom. The van der Waals surface area contributed by atoms with Gasteiger partial charge in [-0.05, 0) is 70.1 Å². The lowest BCUT2D eigenvalue weighted by Gasteiger charge is -2.46. The molecule has 42 heavy (non-hydrogen) atoms. The zero-order valence-corrected chi connectivity index (χ0v) is 27.4. The van der Waals surface area contributed by atoms with Crippen LogP contribution in [-0.4, -0.2) is 81.3 Å². The standard InChI is InChI=1S/C34H56N2O6/c1-11-14-15-19-41-30(40)26-25-28(38)36(24(21-37)20-23(4)5)27(34(25)17-16-33(26,13-3)42-34)29(39)35(18-12-2)32(9,10)22-31(6,7)8/h11-12,23-27,37H,1-2,13-22H2,3-10H3/t24-,25+,26-,27?,33+,34?/m1/s1. The molecule has 0 aliphatic carbocycles. The molecular formula is C34H56N2O6. The average Bonchev–Trinajstić information content (AvgIpc) is 3.50. The van der Waals surface area contributed by atoms with Gasteiger partial charge in [0.15, 0.2) is 0 Å². The highest BCUT2D eigenvalue weighted by Gasteiger charge is 2.79. The number of esters is 1. The molecule has 1 N–H and O–H groups in total. The van der Waals surface area contributed by atoms with E-state index in [9.17, 15) is 19.5 Å². The summed E-state index contributed by atoms with van der Waals surface area (Å²) in [6.07, 6.45) is 7.73. The van der Waals surface area contributed by atoms with Crippen molar-refractivity contribution in [3.63, 3.8) is 0 Å². The number of rotatable bonds is 15. The number of carbonyl (C=O) groups is 3. The summed E-state index contributed by atoms with van der Waals surface area (Å²) in [5.41, 5.74) is -2.65. The molecule has 8 nitrogen and oxygen atoms in total. The van der Waals surface area contributed by atoms with E-state index in [0.717, 1.165) is 12.8 Å². The van der Waals surface area contributed by atoms with Crippen molar-refractivity contribution in [2.75, 3.05) is 19.8 Å². The summed E-state index contributed by atoms with van der Waals surface area (Å²) in [6.45, 7) is 24.5. The Morgan fingerprint density at radius 2 is 1.86 bits per heavy atom. The predicted molar refractivity (Wildman–Crippen MR) is 164 cm³/mol. The first kappa shape index (κ1) is 34.3. The van der Waals surface area contributed by atoms with Crippen LogP contribution in [0, 0.1) is 23.2 Å². The molecule has 0 saturated carbocycles. The van der Waals surface area contributed by atoms with Crippen molar-refractivity contribution in [3.05, 3.63) is 25.3 Å². The van der Waals surface area contributed by atoms with Crippen molar-refractivity contribution in [1.29, 1.82) is 0 Å². The second-order valence-electron chi connectivity index (χ2n) is 14.9. The molecule has 3 aliphatic heterocycles. The normalized spacial score (nSPS) is 29.5. The third-order valence-corrected chi connectivity index (χ3v) is 9.52. The van der Waals surface area contributed by atoms with Crippen molar-refractivity contribution >= 4 is 17.8 Å². The molecule has 238 valence electrons. The third kappa shape index (κ3) is 6.21. The minimum Gasteiger partial charge on any atom is -0.465 e. The Kier molecular flexibility index (Phi) is 10.5. The molecule has 3 heterocycles. The van der Waals surface area contributed by atoms with Gasteiger partial charge in [-0.25, -0.2) is 0 Å². The number of hydrogen-bond acceptors (Lipinski definition) is 6. The van der Waals surface area contributed by atoms with Gasteiger partial charge in [-0.2, -0.15) is 0 Å². The average molecular weight is 589 g/mol. The largest absolute Gasteiger partial charge is 0.465 e. The van der Waals surface area contributed by atoms with E-state index in [1.807, 2.05) is 25.7 Å². The minimum atomic E-state index is -1.17. The predicted octanol–water partition coefficient (Wildman–Crippen LogP) is 5.29. The molecule has 8 heteroatoms. The van der Waals surface area contributed by atoms with Gasteiger partial charge in [0, 0.05) is 12.1 Å². The Balaban J connectivity index is 2.15. The van der Waals surface area contributed by atoms with Crippen molar-refractivity contribution in [3.8, 4) is 0 Å². The highest BCUT2D eigenvalue weighted by Crippen LogP contribution is 2.65. The molecule has 0 aromatic rings. The van der Waals surface area contributed by atoms with Crippen LogP contribution < -0.4 is 0 Å². The minimum absolute atomic E-state index is 0.0600. The number of allylic oxidation sites excluding steroid dienone is 1. The van der Waals surface area contributed by atoms with Gasteiger partial charge < -0.3 is 24.4 Å². The topological polar surface area (TPSA) is 96.4 Å². The number of amides is 2. The Hall–Kier alpha value is -2.19. The number of ether oxygens (including phenoxy) is 2. The molecule has 3 fully saturated rings. The van der Waals surface area contributed by atoms with Gasteiger partial charge in [0.25, 0.3) is 0 Å². The summed E-state index contributed by atoms with van der Waals surface area (Å²) in [4.78, 5) is 46.7. The number of fused-ring (bicyclic) bond motifs is 1. The molecule has 0 radical (unpaired) electrons. The van der Waals surface area contributed by atoms with Crippen molar-refractivity contribution in [2.24, 2.45) is 23.2 Å². The lowest BCUT2D eigenvalue weighted by Crippen LogP contribution is -2.62. The lowest BCUT2D eigenvalue weighted by molar-refractivity contribution is -0.165. The second-order valence-corrected chi connectivity index (χ2v) is 14.9. The van der Waals surface area contributed by atoms with Crippen LogP contribution in [0.5, 0.6) is 0 Å². The van der Waals surface area contributed by atoms with Gasteiger partial charge >= 0.3 is 5.97 Å². The molecule has 2 bridgehead atoms. The molecular weight excluding hydrogens is 532 g/mol. The molecule has 0 aromatic carbocycles. The fourth-order valence-corrected chi connectivity index (χ4v) is 8.30. The first-order valence-electron chi connectivity index (χ1n) is 15.9. The van der Waals surface area contributed by atoms with Crippen LogP contribution in [0.15, 0.2) is 25.3 Å². The summed E-state index contributed by atoms with van der Waals surface area (Å²) >= 11 is 0. The Morgan fingerprint density at radius 1 is 1.19 bits per heavy atom. The zero-order valence-electron chi connectivity index (χ0n) is 27.4. The van der Waals surface area contributed by atoms with Gasteiger partial charge in [0.05, 0.1) is 30.8 Å².